The number of nitrogens with two attached hydrogens (primary N) is 1. The molecule has 7 N–H and O–H groups in total. The molecule has 3 atom stereocenters. The van der Waals surface area contributed by atoms with E-state index in [0.717, 1.165) is 0 Å². The van der Waals surface area contributed by atoms with Gasteiger partial charge in [-0.3, -0.25) is 0 Å². The second-order valence-corrected chi connectivity index (χ2v) is 5.42. The molecule has 0 aliphatic rings. The van der Waals surface area contributed by atoms with Gasteiger partial charge in [0, 0.05) is 20.7 Å². The molecular weight excluding hydrogens is 314 g/mol. The average Bonchev–Trinajstić information content (AvgIpc) is 2.45. The molecule has 0 saturated carbocycles. The van der Waals surface area contributed by atoms with Crippen molar-refractivity contribution in [3.05, 3.63) is 5.15 Å². The van der Waals surface area contributed by atoms with Gasteiger partial charge in [0.25, 0.3) is 0 Å². The van der Waals surface area contributed by atoms with Gasteiger partial charge in [-0.25, -0.2) is 0 Å². The van der Waals surface area contributed by atoms with Crippen molar-refractivity contribution in [2.75, 3.05) is 36.7 Å². The summed E-state index contributed by atoms with van der Waals surface area (Å²) in [4.78, 5) is 8.98. The molecule has 0 aliphatic carbocycles. The number of anilines is 3. The summed E-state index contributed by atoms with van der Waals surface area (Å²) in [7, 11) is 3.03. The molecule has 0 amide bonds. The minimum Gasteiger partial charge on any atom is -0.396 e. The molecule has 1 aromatic rings. The highest BCUT2D eigenvalue weighted by Gasteiger charge is 2.41. The third kappa shape index (κ3) is 3.68. The van der Waals surface area contributed by atoms with Crippen LogP contribution in [0.2, 0.25) is 5.15 Å². The highest BCUT2D eigenvalue weighted by Crippen LogP contribution is 2.32. The summed E-state index contributed by atoms with van der Waals surface area (Å²) in [6.45, 7) is 0.918. The van der Waals surface area contributed by atoms with E-state index < -0.39 is 17.9 Å². The van der Waals surface area contributed by atoms with Gasteiger partial charge in [-0.15, -0.1) is 0 Å². The van der Waals surface area contributed by atoms with Gasteiger partial charge >= 0.3 is 0 Å². The average molecular weight is 336 g/mol. The Morgan fingerprint density at radius 1 is 1.41 bits per heavy atom. The Hall–Kier alpha value is -1.39. The lowest BCUT2D eigenvalue weighted by Gasteiger charge is -2.39. The molecule has 0 fully saturated rings. The first kappa shape index (κ1) is 18.7. The van der Waals surface area contributed by atoms with Crippen molar-refractivity contribution in [1.29, 1.82) is 0 Å². The van der Waals surface area contributed by atoms with Crippen LogP contribution in [0.3, 0.4) is 0 Å². The van der Waals surface area contributed by atoms with Gasteiger partial charge < -0.3 is 36.4 Å². The zero-order chi connectivity index (χ0) is 17.1. The molecule has 1 aromatic heterocycles. The number of aliphatic hydroxyl groups excluding tert-OH is 3. The van der Waals surface area contributed by atoms with Crippen LogP contribution < -0.4 is 16.0 Å². The van der Waals surface area contributed by atoms with E-state index in [1.54, 1.807) is 7.05 Å². The first-order valence-corrected chi connectivity index (χ1v) is 6.97. The van der Waals surface area contributed by atoms with Crippen molar-refractivity contribution in [1.82, 2.24) is 9.97 Å². The lowest BCUT2D eigenvalue weighted by Crippen LogP contribution is -2.57. The fourth-order valence-corrected chi connectivity index (χ4v) is 2.27. The second-order valence-electron chi connectivity index (χ2n) is 5.06. The summed E-state index contributed by atoms with van der Waals surface area (Å²) in [6, 6.07) is 0. The van der Waals surface area contributed by atoms with Crippen LogP contribution in [0.4, 0.5) is 17.5 Å². The highest BCUT2D eigenvalue weighted by atomic mass is 35.5. The number of halogens is 1. The first-order valence-electron chi connectivity index (χ1n) is 6.59. The van der Waals surface area contributed by atoms with Crippen LogP contribution in [0.25, 0.3) is 0 Å². The number of nitrogens with zero attached hydrogens (tertiary/aromatic N) is 3. The minimum atomic E-state index is -1.92. The van der Waals surface area contributed by atoms with Gasteiger partial charge in [0.15, 0.2) is 17.2 Å². The zero-order valence-corrected chi connectivity index (χ0v) is 13.4. The molecule has 1 heterocycles. The van der Waals surface area contributed by atoms with Crippen LogP contribution in [0.5, 0.6) is 0 Å². The summed E-state index contributed by atoms with van der Waals surface area (Å²) in [6.07, 6.45) is -2.97. The number of hydrogen-bond donors (Lipinski definition) is 6. The summed E-state index contributed by atoms with van der Waals surface area (Å²) in [5, 5.41) is 42.3. The number of likely N-dealkylation sites (N-methyl/N-ethyl adjacent to an activating group) is 1. The third-order valence-electron chi connectivity index (χ3n) is 3.41. The zero-order valence-electron chi connectivity index (χ0n) is 12.7. The maximum atomic E-state index is 10.4. The molecule has 126 valence electrons. The Morgan fingerprint density at radius 3 is 2.50 bits per heavy atom. The lowest BCUT2D eigenvalue weighted by molar-refractivity contribution is -0.137. The van der Waals surface area contributed by atoms with Gasteiger partial charge in [-0.2, -0.15) is 9.97 Å². The van der Waals surface area contributed by atoms with Crippen molar-refractivity contribution in [3.63, 3.8) is 0 Å². The van der Waals surface area contributed by atoms with Crippen molar-refractivity contribution in [2.45, 2.75) is 31.3 Å². The molecule has 9 nitrogen and oxygen atoms in total. The van der Waals surface area contributed by atoms with Crippen LogP contribution >= 0.6 is 11.6 Å². The minimum absolute atomic E-state index is 0.0552. The molecule has 22 heavy (non-hydrogen) atoms. The Bertz CT molecular complexity index is 517. The smallest absolute Gasteiger partial charge is 0.223 e. The summed E-state index contributed by atoms with van der Waals surface area (Å²) in [5.74, 6) is 0.0533. The fraction of sp³-hybridized carbons (Fsp3) is 0.667. The number of nitrogens with one attached hydrogen (secondary N) is 1. The van der Waals surface area contributed by atoms with Gasteiger partial charge in [0.1, 0.15) is 11.3 Å². The quantitative estimate of drug-likeness (QED) is 0.272. The van der Waals surface area contributed by atoms with Crippen LogP contribution in [-0.4, -0.2) is 69.0 Å². The number of hydrogen-bond acceptors (Lipinski definition) is 9. The topological polar surface area (TPSA) is 148 Å². The van der Waals surface area contributed by atoms with E-state index in [4.69, 9.17) is 22.4 Å². The Labute approximate surface area is 133 Å². The molecule has 1 unspecified atom stereocenters. The molecule has 0 aromatic carbocycles. The van der Waals surface area contributed by atoms with E-state index in [2.05, 4.69) is 15.3 Å². The Balaban J connectivity index is 3.17. The fourth-order valence-electron chi connectivity index (χ4n) is 2.00. The number of nitrogen functional groups attached to an aromatic ring is 1. The second kappa shape index (κ2) is 7.25. The third-order valence-corrected chi connectivity index (χ3v) is 3.69. The van der Waals surface area contributed by atoms with Crippen LogP contribution in [0, 0.1) is 0 Å². The number of aromatic nitrogens is 2. The maximum absolute atomic E-state index is 10.4. The van der Waals surface area contributed by atoms with E-state index in [0.29, 0.717) is 5.69 Å². The van der Waals surface area contributed by atoms with Gasteiger partial charge in [0.2, 0.25) is 5.95 Å². The van der Waals surface area contributed by atoms with Crippen molar-refractivity contribution in [2.24, 2.45) is 0 Å². The Morgan fingerprint density at radius 2 is 2.00 bits per heavy atom. The molecule has 0 bridgehead atoms. The van der Waals surface area contributed by atoms with Gasteiger partial charge in [0.05, 0.1) is 6.10 Å². The van der Waals surface area contributed by atoms with Gasteiger partial charge in [-0.1, -0.05) is 11.6 Å². The predicted molar refractivity (Wildman–Crippen MR) is 83.7 cm³/mol. The van der Waals surface area contributed by atoms with E-state index in [9.17, 15) is 15.3 Å². The normalized spacial score (nSPS) is 16.7. The molecule has 10 heteroatoms. The van der Waals surface area contributed by atoms with E-state index in [1.165, 1.54) is 18.9 Å². The SMILES string of the molecule is CNc1c(Cl)nc(N)nc1N(C)C(O)[C@](C)(O)[C@H](O)CCO. The standard InChI is InChI=1S/C12H22ClN5O4/c1-12(22,6(20)4-5-19)10(21)18(3)9-7(15-2)8(13)16-11(14)17-9/h6,10,15,19-22H,4-5H2,1-3H3,(H2,14,16,17)/t6-,10?,12-/m1/s1. The van der Waals surface area contributed by atoms with E-state index in [1.807, 2.05) is 0 Å². The molecule has 0 spiro atoms. The van der Waals surface area contributed by atoms with Gasteiger partial charge in [-0.05, 0) is 13.3 Å². The van der Waals surface area contributed by atoms with Crippen molar-refractivity contribution in [3.8, 4) is 0 Å². The molecule has 1 rings (SSSR count). The van der Waals surface area contributed by atoms with Crippen LogP contribution in [0.15, 0.2) is 0 Å². The molecular formula is C12H22ClN5O4. The summed E-state index contributed by atoms with van der Waals surface area (Å²) < 4.78 is 0. The largest absolute Gasteiger partial charge is 0.396 e. The summed E-state index contributed by atoms with van der Waals surface area (Å²) in [5.41, 5.74) is 3.94. The highest BCUT2D eigenvalue weighted by molar-refractivity contribution is 6.32. The first-order chi connectivity index (χ1) is 10.2. The summed E-state index contributed by atoms with van der Waals surface area (Å²) >= 11 is 5.96. The number of rotatable bonds is 7. The molecule has 0 saturated heterocycles. The number of aliphatic hydroxyl groups is 4. The van der Waals surface area contributed by atoms with Crippen molar-refractivity contribution < 1.29 is 20.4 Å². The van der Waals surface area contributed by atoms with E-state index >= 15 is 0 Å². The lowest BCUT2D eigenvalue weighted by atomic mass is 9.94. The van der Waals surface area contributed by atoms with E-state index in [-0.39, 0.29) is 29.9 Å². The van der Waals surface area contributed by atoms with Crippen LogP contribution in [0.1, 0.15) is 13.3 Å². The van der Waals surface area contributed by atoms with Crippen molar-refractivity contribution >= 4 is 29.1 Å². The maximum Gasteiger partial charge on any atom is 0.223 e. The monoisotopic (exact) mass is 335 g/mol. The van der Waals surface area contributed by atoms with Crippen LogP contribution in [-0.2, 0) is 0 Å². The molecule has 0 aliphatic heterocycles. The Kier molecular flexibility index (Phi) is 6.15. The molecule has 0 radical (unpaired) electrons. The predicted octanol–water partition coefficient (Wildman–Crippen LogP) is -0.997.